The monoisotopic (exact) mass is 350 g/mol. The Morgan fingerprint density at radius 2 is 2.42 bits per heavy atom. The maximum Gasteiger partial charge on any atom is 0.414 e. The standard InChI is InChI=1S/C15H15FN4O3S/c1-22-14(24)18-7-11-8-20(15(21)23-11)10-2-3-13(12(16)6-10)19-5-4-17-9-19/h2-6,9,11H,7-8H2,1H3,(H,18,24)/t11-/m0/s1. The van der Waals surface area contributed by atoms with E-state index in [9.17, 15) is 9.18 Å². The summed E-state index contributed by atoms with van der Waals surface area (Å²) in [7, 11) is 1.45. The Morgan fingerprint density at radius 1 is 1.58 bits per heavy atom. The number of anilines is 1. The van der Waals surface area contributed by atoms with Crippen molar-refractivity contribution >= 4 is 29.2 Å². The average molecular weight is 350 g/mol. The van der Waals surface area contributed by atoms with Gasteiger partial charge in [0.05, 0.1) is 37.9 Å². The fraction of sp³-hybridized carbons (Fsp3) is 0.267. The molecule has 0 radical (unpaired) electrons. The lowest BCUT2D eigenvalue weighted by atomic mass is 10.2. The van der Waals surface area contributed by atoms with Crippen molar-refractivity contribution < 1.29 is 18.7 Å². The van der Waals surface area contributed by atoms with Crippen LogP contribution >= 0.6 is 12.2 Å². The first-order valence-electron chi connectivity index (χ1n) is 7.16. The molecule has 7 nitrogen and oxygen atoms in total. The van der Waals surface area contributed by atoms with Crippen molar-refractivity contribution in [3.63, 3.8) is 0 Å². The fourth-order valence-corrected chi connectivity index (χ4v) is 2.47. The molecule has 126 valence electrons. The highest BCUT2D eigenvalue weighted by Crippen LogP contribution is 2.25. The number of amides is 1. The number of nitrogens with one attached hydrogen (secondary N) is 1. The first-order chi connectivity index (χ1) is 11.6. The second-order valence-electron chi connectivity index (χ2n) is 5.09. The molecule has 24 heavy (non-hydrogen) atoms. The summed E-state index contributed by atoms with van der Waals surface area (Å²) < 4.78 is 25.9. The van der Waals surface area contributed by atoms with Gasteiger partial charge < -0.3 is 19.4 Å². The number of cyclic esters (lactones) is 1. The molecule has 0 aliphatic carbocycles. The topological polar surface area (TPSA) is 68.6 Å². The summed E-state index contributed by atoms with van der Waals surface area (Å²) in [5, 5.41) is 3.05. The van der Waals surface area contributed by atoms with Gasteiger partial charge >= 0.3 is 6.09 Å². The molecule has 1 amide bonds. The molecule has 2 heterocycles. The smallest absolute Gasteiger partial charge is 0.414 e. The van der Waals surface area contributed by atoms with Crippen LogP contribution in [0.3, 0.4) is 0 Å². The highest BCUT2D eigenvalue weighted by Gasteiger charge is 2.32. The molecule has 0 bridgehead atoms. The molecule has 9 heteroatoms. The average Bonchev–Trinajstić information content (AvgIpc) is 3.22. The van der Waals surface area contributed by atoms with Gasteiger partial charge in [0, 0.05) is 12.4 Å². The van der Waals surface area contributed by atoms with Crippen LogP contribution in [0.2, 0.25) is 0 Å². The number of nitrogens with zero attached hydrogens (tertiary/aromatic N) is 3. The van der Waals surface area contributed by atoms with Gasteiger partial charge in [0.15, 0.2) is 0 Å². The van der Waals surface area contributed by atoms with Crippen LogP contribution in [0.1, 0.15) is 0 Å². The number of hydrogen-bond acceptors (Lipinski definition) is 5. The molecule has 1 atom stereocenters. The van der Waals surface area contributed by atoms with Gasteiger partial charge in [0.1, 0.15) is 11.9 Å². The third kappa shape index (κ3) is 3.30. The van der Waals surface area contributed by atoms with Crippen LogP contribution in [-0.4, -0.2) is 47.1 Å². The molecule has 1 saturated heterocycles. The number of ether oxygens (including phenoxy) is 2. The molecular weight excluding hydrogens is 335 g/mol. The number of imidazole rings is 1. The van der Waals surface area contributed by atoms with Crippen LogP contribution in [0.5, 0.6) is 0 Å². The summed E-state index contributed by atoms with van der Waals surface area (Å²) in [4.78, 5) is 17.3. The van der Waals surface area contributed by atoms with E-state index in [0.717, 1.165) is 0 Å². The number of benzene rings is 1. The number of methoxy groups -OCH3 is 1. The molecule has 1 aromatic carbocycles. The largest absolute Gasteiger partial charge is 0.474 e. The zero-order chi connectivity index (χ0) is 17.1. The maximum absolute atomic E-state index is 14.3. The molecular formula is C15H15FN4O3S. The summed E-state index contributed by atoms with van der Waals surface area (Å²) in [5.41, 5.74) is 0.783. The van der Waals surface area contributed by atoms with E-state index in [1.165, 1.54) is 24.4 Å². The molecule has 0 saturated carbocycles. The van der Waals surface area contributed by atoms with E-state index in [1.54, 1.807) is 29.1 Å². The van der Waals surface area contributed by atoms with Gasteiger partial charge in [0.25, 0.3) is 5.17 Å². The molecule has 3 rings (SSSR count). The number of thiocarbonyl (C=S) groups is 1. The van der Waals surface area contributed by atoms with E-state index in [2.05, 4.69) is 10.3 Å². The van der Waals surface area contributed by atoms with Crippen LogP contribution in [0.15, 0.2) is 36.9 Å². The van der Waals surface area contributed by atoms with Crippen LogP contribution in [0.25, 0.3) is 5.69 Å². The van der Waals surface area contributed by atoms with Gasteiger partial charge in [-0.2, -0.15) is 0 Å². The van der Waals surface area contributed by atoms with Gasteiger partial charge in [-0.1, -0.05) is 0 Å². The lowest BCUT2D eigenvalue weighted by Gasteiger charge is -2.14. The van der Waals surface area contributed by atoms with Crippen molar-refractivity contribution in [2.45, 2.75) is 6.10 Å². The second kappa shape index (κ2) is 6.83. The molecule has 1 aliphatic heterocycles. The number of carbonyl (C=O) groups excluding carboxylic acids is 1. The Bertz CT molecular complexity index is 753. The molecule has 0 spiro atoms. The SMILES string of the molecule is COC(=S)NC[C@H]1CN(c2ccc(-n3ccnc3)c(F)c2)C(=O)O1. The Kier molecular flexibility index (Phi) is 4.61. The summed E-state index contributed by atoms with van der Waals surface area (Å²) in [6.45, 7) is 0.618. The van der Waals surface area contributed by atoms with E-state index < -0.39 is 18.0 Å². The van der Waals surface area contributed by atoms with Gasteiger partial charge in [-0.3, -0.25) is 4.90 Å². The van der Waals surface area contributed by atoms with Crippen LogP contribution in [0, 0.1) is 5.82 Å². The van der Waals surface area contributed by atoms with E-state index >= 15 is 0 Å². The molecule has 1 aliphatic rings. The predicted molar refractivity (Wildman–Crippen MR) is 88.7 cm³/mol. The fourth-order valence-electron chi connectivity index (χ4n) is 2.38. The van der Waals surface area contributed by atoms with Crippen molar-refractivity contribution in [3.05, 3.63) is 42.7 Å². The summed E-state index contributed by atoms with van der Waals surface area (Å²) >= 11 is 4.87. The lowest BCUT2D eigenvalue weighted by Crippen LogP contribution is -2.34. The van der Waals surface area contributed by atoms with Crippen molar-refractivity contribution in [3.8, 4) is 5.69 Å². The van der Waals surface area contributed by atoms with Crippen LogP contribution in [-0.2, 0) is 9.47 Å². The summed E-state index contributed by atoms with van der Waals surface area (Å²) in [6, 6.07) is 4.55. The zero-order valence-corrected chi connectivity index (χ0v) is 13.6. The molecule has 1 fully saturated rings. The highest BCUT2D eigenvalue weighted by molar-refractivity contribution is 7.80. The van der Waals surface area contributed by atoms with Crippen molar-refractivity contribution in [2.24, 2.45) is 0 Å². The third-order valence-electron chi connectivity index (χ3n) is 3.56. The van der Waals surface area contributed by atoms with E-state index in [1.807, 2.05) is 0 Å². The summed E-state index contributed by atoms with van der Waals surface area (Å²) in [6.07, 6.45) is 3.78. The van der Waals surface area contributed by atoms with Gasteiger partial charge in [-0.15, -0.1) is 0 Å². The first kappa shape index (κ1) is 16.2. The second-order valence-corrected chi connectivity index (χ2v) is 5.47. The molecule has 1 aromatic heterocycles. The Hall–Kier alpha value is -2.68. The van der Waals surface area contributed by atoms with E-state index in [-0.39, 0.29) is 5.17 Å². The first-order valence-corrected chi connectivity index (χ1v) is 7.57. The quantitative estimate of drug-likeness (QED) is 0.849. The normalized spacial score (nSPS) is 16.8. The van der Waals surface area contributed by atoms with Crippen molar-refractivity contribution in [1.82, 2.24) is 14.9 Å². The number of aromatic nitrogens is 2. The highest BCUT2D eigenvalue weighted by atomic mass is 32.1. The summed E-state index contributed by atoms with van der Waals surface area (Å²) in [5.74, 6) is -0.458. The van der Waals surface area contributed by atoms with Gasteiger partial charge in [0.2, 0.25) is 0 Å². The van der Waals surface area contributed by atoms with Gasteiger partial charge in [-0.05, 0) is 30.4 Å². The minimum absolute atomic E-state index is 0.222. The Balaban J connectivity index is 1.71. The Labute approximate surface area is 143 Å². The van der Waals surface area contributed by atoms with Crippen molar-refractivity contribution in [1.29, 1.82) is 0 Å². The predicted octanol–water partition coefficient (Wildman–Crippen LogP) is 1.86. The maximum atomic E-state index is 14.3. The molecule has 2 aromatic rings. The number of rotatable bonds is 4. The molecule has 1 N–H and O–H groups in total. The van der Waals surface area contributed by atoms with Gasteiger partial charge in [-0.25, -0.2) is 14.2 Å². The van der Waals surface area contributed by atoms with E-state index in [4.69, 9.17) is 21.7 Å². The third-order valence-corrected chi connectivity index (χ3v) is 3.87. The molecule has 0 unspecified atom stereocenters. The van der Waals surface area contributed by atoms with Crippen LogP contribution < -0.4 is 10.2 Å². The number of carbonyl (C=O) groups is 1. The number of hydrogen-bond donors (Lipinski definition) is 1. The minimum atomic E-state index is -0.528. The Morgan fingerprint density at radius 3 is 3.08 bits per heavy atom. The van der Waals surface area contributed by atoms with E-state index in [0.29, 0.717) is 24.5 Å². The van der Waals surface area contributed by atoms with Crippen molar-refractivity contribution in [2.75, 3.05) is 25.1 Å². The lowest BCUT2D eigenvalue weighted by molar-refractivity contribution is 0.142. The zero-order valence-electron chi connectivity index (χ0n) is 12.8. The van der Waals surface area contributed by atoms with Crippen LogP contribution in [0.4, 0.5) is 14.9 Å². The minimum Gasteiger partial charge on any atom is -0.474 e. The number of halogens is 1.